The Morgan fingerprint density at radius 2 is 2.00 bits per heavy atom. The first kappa shape index (κ1) is 17.3. The molecule has 132 valence electrons. The fourth-order valence-electron chi connectivity index (χ4n) is 2.71. The molecular formula is C19H18N4O3. The van der Waals surface area contributed by atoms with E-state index in [0.29, 0.717) is 23.4 Å². The molecular weight excluding hydrogens is 332 g/mol. The molecule has 7 heteroatoms. The molecule has 1 heterocycles. The molecule has 0 aliphatic carbocycles. The second-order valence-electron chi connectivity index (χ2n) is 5.96. The number of non-ortho nitro benzene ring substituents is 1. The molecule has 3 aromatic rings. The van der Waals surface area contributed by atoms with Gasteiger partial charge in [0.05, 0.1) is 22.4 Å². The highest BCUT2D eigenvalue weighted by Crippen LogP contribution is 2.23. The summed E-state index contributed by atoms with van der Waals surface area (Å²) < 4.78 is 0. The minimum absolute atomic E-state index is 0.00239. The number of nitro groups is 1. The Morgan fingerprint density at radius 3 is 2.69 bits per heavy atom. The first-order valence-corrected chi connectivity index (χ1v) is 8.16. The van der Waals surface area contributed by atoms with E-state index < -0.39 is 4.92 Å². The van der Waals surface area contributed by atoms with Gasteiger partial charge in [0, 0.05) is 24.2 Å². The van der Waals surface area contributed by atoms with Crippen molar-refractivity contribution in [2.45, 2.75) is 13.3 Å². The predicted octanol–water partition coefficient (Wildman–Crippen LogP) is 3.27. The van der Waals surface area contributed by atoms with Gasteiger partial charge in [-0.3, -0.25) is 20.0 Å². The van der Waals surface area contributed by atoms with Gasteiger partial charge in [-0.2, -0.15) is 5.10 Å². The molecule has 1 aromatic heterocycles. The third-order valence-corrected chi connectivity index (χ3v) is 4.03. The zero-order chi connectivity index (χ0) is 18.5. The van der Waals surface area contributed by atoms with Gasteiger partial charge in [-0.15, -0.1) is 0 Å². The minimum Gasteiger partial charge on any atom is -0.352 e. The van der Waals surface area contributed by atoms with Crippen LogP contribution < -0.4 is 5.32 Å². The van der Waals surface area contributed by atoms with Crippen molar-refractivity contribution in [2.75, 3.05) is 6.54 Å². The summed E-state index contributed by atoms with van der Waals surface area (Å²) in [7, 11) is 0. The van der Waals surface area contributed by atoms with E-state index in [4.69, 9.17) is 0 Å². The minimum atomic E-state index is -0.463. The summed E-state index contributed by atoms with van der Waals surface area (Å²) in [5.74, 6) is -0.236. The van der Waals surface area contributed by atoms with E-state index in [1.807, 2.05) is 25.1 Å². The number of nitrogens with one attached hydrogen (secondary N) is 2. The van der Waals surface area contributed by atoms with Crippen LogP contribution in [0.2, 0.25) is 0 Å². The number of nitro benzene ring substituents is 1. The van der Waals surface area contributed by atoms with Crippen LogP contribution in [-0.2, 0) is 6.42 Å². The van der Waals surface area contributed by atoms with E-state index in [9.17, 15) is 14.9 Å². The summed E-state index contributed by atoms with van der Waals surface area (Å²) >= 11 is 0. The van der Waals surface area contributed by atoms with E-state index >= 15 is 0 Å². The molecule has 3 rings (SSSR count). The molecule has 0 bridgehead atoms. The van der Waals surface area contributed by atoms with Gasteiger partial charge in [0.2, 0.25) is 0 Å². The summed E-state index contributed by atoms with van der Waals surface area (Å²) in [5, 5.41) is 20.4. The number of carbonyl (C=O) groups is 1. The lowest BCUT2D eigenvalue weighted by atomic mass is 10.1. The molecule has 1 amide bonds. The summed E-state index contributed by atoms with van der Waals surface area (Å²) in [6.07, 6.45) is 2.19. The van der Waals surface area contributed by atoms with Gasteiger partial charge in [0.25, 0.3) is 11.6 Å². The molecule has 0 unspecified atom stereocenters. The van der Waals surface area contributed by atoms with Crippen LogP contribution in [0.1, 0.15) is 21.5 Å². The summed E-state index contributed by atoms with van der Waals surface area (Å²) in [4.78, 5) is 22.7. The highest BCUT2D eigenvalue weighted by molar-refractivity contribution is 5.99. The fourth-order valence-corrected chi connectivity index (χ4v) is 2.71. The van der Waals surface area contributed by atoms with E-state index in [0.717, 1.165) is 12.0 Å². The molecule has 0 saturated carbocycles. The van der Waals surface area contributed by atoms with Gasteiger partial charge in [0.1, 0.15) is 0 Å². The number of aryl methyl sites for hydroxylation is 1. The molecule has 0 fully saturated rings. The van der Waals surface area contributed by atoms with E-state index in [-0.39, 0.29) is 11.6 Å². The van der Waals surface area contributed by atoms with Gasteiger partial charge in [-0.05, 0) is 31.0 Å². The second kappa shape index (κ2) is 7.60. The van der Waals surface area contributed by atoms with Gasteiger partial charge < -0.3 is 5.32 Å². The van der Waals surface area contributed by atoms with Crippen LogP contribution in [0.4, 0.5) is 5.69 Å². The van der Waals surface area contributed by atoms with Crippen molar-refractivity contribution in [3.63, 3.8) is 0 Å². The van der Waals surface area contributed by atoms with Gasteiger partial charge in [-0.1, -0.05) is 29.8 Å². The van der Waals surface area contributed by atoms with Crippen LogP contribution in [-0.4, -0.2) is 27.6 Å². The Morgan fingerprint density at radius 1 is 1.23 bits per heavy atom. The van der Waals surface area contributed by atoms with Crippen molar-refractivity contribution in [2.24, 2.45) is 0 Å². The Kier molecular flexibility index (Phi) is 5.07. The Labute approximate surface area is 150 Å². The number of hydrogen-bond donors (Lipinski definition) is 2. The third kappa shape index (κ3) is 3.94. The van der Waals surface area contributed by atoms with E-state index in [1.165, 1.54) is 23.9 Å². The molecule has 0 spiro atoms. The Bertz CT molecular complexity index is 932. The van der Waals surface area contributed by atoms with Gasteiger partial charge in [-0.25, -0.2) is 0 Å². The number of aromatic amines is 1. The Balaban J connectivity index is 1.67. The quantitative estimate of drug-likeness (QED) is 0.526. The van der Waals surface area contributed by atoms with Crippen LogP contribution in [0.5, 0.6) is 0 Å². The SMILES string of the molecule is Cc1cccc(CCNC(=O)c2cn[nH]c2-c2ccc([N+](=O)[O-])cc2)c1. The van der Waals surface area contributed by atoms with Crippen LogP contribution in [0, 0.1) is 17.0 Å². The molecule has 26 heavy (non-hydrogen) atoms. The van der Waals surface area contributed by atoms with Crippen LogP contribution in [0.15, 0.2) is 54.7 Å². The maximum Gasteiger partial charge on any atom is 0.269 e. The zero-order valence-corrected chi connectivity index (χ0v) is 14.2. The van der Waals surface area contributed by atoms with Crippen molar-refractivity contribution in [3.8, 4) is 11.3 Å². The smallest absolute Gasteiger partial charge is 0.269 e. The second-order valence-corrected chi connectivity index (χ2v) is 5.96. The lowest BCUT2D eigenvalue weighted by molar-refractivity contribution is -0.384. The first-order valence-electron chi connectivity index (χ1n) is 8.16. The maximum atomic E-state index is 12.5. The average Bonchev–Trinajstić information content (AvgIpc) is 3.11. The monoisotopic (exact) mass is 350 g/mol. The summed E-state index contributed by atoms with van der Waals surface area (Å²) in [6, 6.07) is 14.1. The molecule has 0 saturated heterocycles. The average molecular weight is 350 g/mol. The topological polar surface area (TPSA) is 101 Å². The van der Waals surface area contributed by atoms with Crippen molar-refractivity contribution in [3.05, 3.63) is 81.5 Å². The van der Waals surface area contributed by atoms with Crippen molar-refractivity contribution in [1.82, 2.24) is 15.5 Å². The van der Waals surface area contributed by atoms with Gasteiger partial charge in [0.15, 0.2) is 0 Å². The normalized spacial score (nSPS) is 10.5. The molecule has 2 N–H and O–H groups in total. The number of benzene rings is 2. The predicted molar refractivity (Wildman–Crippen MR) is 97.9 cm³/mol. The molecule has 0 aliphatic rings. The maximum absolute atomic E-state index is 12.5. The van der Waals surface area contributed by atoms with Crippen molar-refractivity contribution < 1.29 is 9.72 Å². The van der Waals surface area contributed by atoms with Crippen LogP contribution in [0.3, 0.4) is 0 Å². The largest absolute Gasteiger partial charge is 0.352 e. The number of amides is 1. The highest BCUT2D eigenvalue weighted by atomic mass is 16.6. The van der Waals surface area contributed by atoms with Crippen molar-refractivity contribution >= 4 is 11.6 Å². The van der Waals surface area contributed by atoms with E-state index in [2.05, 4.69) is 21.6 Å². The Hall–Kier alpha value is -3.48. The standard InChI is InChI=1S/C19H18N4O3/c1-13-3-2-4-14(11-13)9-10-20-19(24)17-12-21-22-18(17)15-5-7-16(8-6-15)23(25)26/h2-8,11-12H,9-10H2,1H3,(H,20,24)(H,21,22). The van der Waals surface area contributed by atoms with Crippen LogP contribution in [0.25, 0.3) is 11.3 Å². The number of rotatable bonds is 6. The van der Waals surface area contributed by atoms with Crippen LogP contribution >= 0.6 is 0 Å². The number of H-pyrrole nitrogens is 1. The number of hydrogen-bond acceptors (Lipinski definition) is 4. The highest BCUT2D eigenvalue weighted by Gasteiger charge is 2.16. The molecule has 7 nitrogen and oxygen atoms in total. The summed E-state index contributed by atoms with van der Waals surface area (Å²) in [6.45, 7) is 2.54. The lowest BCUT2D eigenvalue weighted by Gasteiger charge is -2.07. The molecule has 0 aliphatic heterocycles. The molecule has 0 atom stereocenters. The van der Waals surface area contributed by atoms with E-state index in [1.54, 1.807) is 12.1 Å². The van der Waals surface area contributed by atoms with Crippen molar-refractivity contribution in [1.29, 1.82) is 0 Å². The number of aromatic nitrogens is 2. The number of nitrogens with zero attached hydrogens (tertiary/aromatic N) is 2. The summed E-state index contributed by atoms with van der Waals surface area (Å²) in [5.41, 5.74) is 3.95. The first-order chi connectivity index (χ1) is 12.5. The number of carbonyl (C=O) groups excluding carboxylic acids is 1. The molecule has 0 radical (unpaired) electrons. The zero-order valence-electron chi connectivity index (χ0n) is 14.2. The fraction of sp³-hybridized carbons (Fsp3) is 0.158. The van der Waals surface area contributed by atoms with Gasteiger partial charge >= 0.3 is 0 Å². The third-order valence-electron chi connectivity index (χ3n) is 4.03. The lowest BCUT2D eigenvalue weighted by Crippen LogP contribution is -2.25. The molecule has 2 aromatic carbocycles.